The smallest absolute Gasteiger partial charge is 0.223 e. The molecule has 4 nitrogen and oxygen atoms in total. The summed E-state index contributed by atoms with van der Waals surface area (Å²) in [5.74, 6) is 0.993. The first-order valence-corrected chi connectivity index (χ1v) is 6.33. The lowest BCUT2D eigenvalue weighted by molar-refractivity contribution is -0.140. The number of morpholine rings is 1. The minimum atomic E-state index is 0.170. The van der Waals surface area contributed by atoms with Crippen molar-refractivity contribution in [3.63, 3.8) is 0 Å². The second kappa shape index (κ2) is 5.64. The highest BCUT2D eigenvalue weighted by molar-refractivity contribution is 5.76. The molecule has 92 valence electrons. The zero-order valence-electron chi connectivity index (χ0n) is 10.1. The monoisotopic (exact) mass is 226 g/mol. The molecule has 1 unspecified atom stereocenters. The second-order valence-electron chi connectivity index (χ2n) is 4.89. The summed E-state index contributed by atoms with van der Waals surface area (Å²) in [6.07, 6.45) is 4.73. The number of rotatable bonds is 4. The highest BCUT2D eigenvalue weighted by atomic mass is 16.5. The maximum atomic E-state index is 12.0. The quantitative estimate of drug-likeness (QED) is 0.764. The molecule has 0 radical (unpaired) electrons. The molecule has 0 aromatic carbocycles. The number of ether oxygens (including phenoxy) is 1. The van der Waals surface area contributed by atoms with Crippen molar-refractivity contribution >= 4 is 5.91 Å². The summed E-state index contributed by atoms with van der Waals surface area (Å²) in [6, 6.07) is 0. The van der Waals surface area contributed by atoms with Crippen LogP contribution in [-0.2, 0) is 9.53 Å². The maximum absolute atomic E-state index is 12.0. The van der Waals surface area contributed by atoms with E-state index in [0.29, 0.717) is 18.4 Å². The summed E-state index contributed by atoms with van der Waals surface area (Å²) in [5.41, 5.74) is 0. The first-order valence-electron chi connectivity index (χ1n) is 6.33. The van der Waals surface area contributed by atoms with Gasteiger partial charge < -0.3 is 15.0 Å². The van der Waals surface area contributed by atoms with E-state index in [1.165, 1.54) is 19.3 Å². The molecular weight excluding hydrogens is 204 g/mol. The molecule has 1 aliphatic heterocycles. The fourth-order valence-electron chi connectivity index (χ4n) is 2.37. The third kappa shape index (κ3) is 2.95. The van der Waals surface area contributed by atoms with Crippen molar-refractivity contribution in [3.05, 3.63) is 0 Å². The average molecular weight is 226 g/mol. The van der Waals surface area contributed by atoms with Crippen molar-refractivity contribution in [1.29, 1.82) is 0 Å². The summed E-state index contributed by atoms with van der Waals surface area (Å²) in [4.78, 5) is 14.0. The van der Waals surface area contributed by atoms with Gasteiger partial charge in [-0.3, -0.25) is 4.79 Å². The third-order valence-electron chi connectivity index (χ3n) is 3.61. The van der Waals surface area contributed by atoms with Gasteiger partial charge in [-0.05, 0) is 25.8 Å². The Morgan fingerprint density at radius 1 is 1.50 bits per heavy atom. The number of hydrogen-bond acceptors (Lipinski definition) is 3. The number of carbonyl (C=O) groups is 1. The van der Waals surface area contributed by atoms with E-state index in [1.807, 2.05) is 11.9 Å². The SMILES string of the molecule is CNCC1CN(C(=O)CC2CCC2)CCO1. The highest BCUT2D eigenvalue weighted by Gasteiger charge is 2.27. The topological polar surface area (TPSA) is 41.6 Å². The summed E-state index contributed by atoms with van der Waals surface area (Å²) in [7, 11) is 1.92. The molecule has 4 heteroatoms. The van der Waals surface area contributed by atoms with Crippen LogP contribution in [0, 0.1) is 5.92 Å². The summed E-state index contributed by atoms with van der Waals surface area (Å²) in [5, 5.41) is 3.10. The Kier molecular flexibility index (Phi) is 4.18. The predicted molar refractivity (Wildman–Crippen MR) is 62.2 cm³/mol. The second-order valence-corrected chi connectivity index (χ2v) is 4.89. The van der Waals surface area contributed by atoms with Gasteiger partial charge in [0.2, 0.25) is 5.91 Å². The van der Waals surface area contributed by atoms with Crippen molar-refractivity contribution in [2.45, 2.75) is 31.8 Å². The van der Waals surface area contributed by atoms with Crippen LogP contribution in [0.3, 0.4) is 0 Å². The molecule has 2 rings (SSSR count). The van der Waals surface area contributed by atoms with Gasteiger partial charge in [0, 0.05) is 26.1 Å². The van der Waals surface area contributed by atoms with E-state index in [0.717, 1.165) is 26.1 Å². The van der Waals surface area contributed by atoms with E-state index >= 15 is 0 Å². The van der Waals surface area contributed by atoms with Crippen LogP contribution in [-0.4, -0.2) is 50.2 Å². The Balaban J connectivity index is 1.76. The Morgan fingerprint density at radius 3 is 2.94 bits per heavy atom. The van der Waals surface area contributed by atoms with Crippen molar-refractivity contribution in [3.8, 4) is 0 Å². The lowest BCUT2D eigenvalue weighted by Crippen LogP contribution is -2.49. The fourth-order valence-corrected chi connectivity index (χ4v) is 2.37. The number of carbonyl (C=O) groups excluding carboxylic acids is 1. The van der Waals surface area contributed by atoms with Crippen LogP contribution in [0.1, 0.15) is 25.7 Å². The van der Waals surface area contributed by atoms with Gasteiger partial charge in [0.05, 0.1) is 12.7 Å². The molecule has 0 bridgehead atoms. The molecule has 1 saturated heterocycles. The van der Waals surface area contributed by atoms with E-state index in [4.69, 9.17) is 4.74 Å². The van der Waals surface area contributed by atoms with E-state index in [9.17, 15) is 4.79 Å². The first kappa shape index (κ1) is 11.9. The van der Waals surface area contributed by atoms with E-state index in [-0.39, 0.29) is 6.10 Å². The molecular formula is C12H22N2O2. The van der Waals surface area contributed by atoms with Gasteiger partial charge in [-0.15, -0.1) is 0 Å². The highest BCUT2D eigenvalue weighted by Crippen LogP contribution is 2.30. The van der Waals surface area contributed by atoms with Gasteiger partial charge in [-0.2, -0.15) is 0 Å². The van der Waals surface area contributed by atoms with Crippen LogP contribution in [0.25, 0.3) is 0 Å². The van der Waals surface area contributed by atoms with Crippen LogP contribution in [0.5, 0.6) is 0 Å². The third-order valence-corrected chi connectivity index (χ3v) is 3.61. The lowest BCUT2D eigenvalue weighted by atomic mass is 9.82. The van der Waals surface area contributed by atoms with Crippen molar-refractivity contribution < 1.29 is 9.53 Å². The molecule has 0 aromatic rings. The average Bonchev–Trinajstić information content (AvgIpc) is 2.24. The molecule has 1 saturated carbocycles. The van der Waals surface area contributed by atoms with Gasteiger partial charge in [-0.25, -0.2) is 0 Å². The molecule has 1 amide bonds. The van der Waals surface area contributed by atoms with Gasteiger partial charge in [0.1, 0.15) is 0 Å². The Hall–Kier alpha value is -0.610. The van der Waals surface area contributed by atoms with Gasteiger partial charge in [0.25, 0.3) is 0 Å². The molecule has 1 atom stereocenters. The molecule has 0 spiro atoms. The summed E-state index contributed by atoms with van der Waals surface area (Å²) < 4.78 is 5.59. The fraction of sp³-hybridized carbons (Fsp3) is 0.917. The molecule has 2 fully saturated rings. The maximum Gasteiger partial charge on any atom is 0.223 e. The number of nitrogens with zero attached hydrogens (tertiary/aromatic N) is 1. The molecule has 1 heterocycles. The van der Waals surface area contributed by atoms with Crippen LogP contribution in [0.2, 0.25) is 0 Å². The predicted octanol–water partition coefficient (Wildman–Crippen LogP) is 0.623. The van der Waals surface area contributed by atoms with Gasteiger partial charge in [0.15, 0.2) is 0 Å². The zero-order valence-corrected chi connectivity index (χ0v) is 10.1. The summed E-state index contributed by atoms with van der Waals surface area (Å²) >= 11 is 0. The van der Waals surface area contributed by atoms with Gasteiger partial charge in [-0.1, -0.05) is 6.42 Å². The first-order chi connectivity index (χ1) is 7.79. The van der Waals surface area contributed by atoms with E-state index in [1.54, 1.807) is 0 Å². The van der Waals surface area contributed by atoms with Crippen molar-refractivity contribution in [2.75, 3.05) is 33.3 Å². The number of hydrogen-bond donors (Lipinski definition) is 1. The standard InChI is InChI=1S/C12H22N2O2/c1-13-8-11-9-14(5-6-16-11)12(15)7-10-3-2-4-10/h10-11,13H,2-9H2,1H3. The number of likely N-dealkylation sites (N-methyl/N-ethyl adjacent to an activating group) is 1. The van der Waals surface area contributed by atoms with Crippen molar-refractivity contribution in [2.24, 2.45) is 5.92 Å². The largest absolute Gasteiger partial charge is 0.373 e. The normalized spacial score (nSPS) is 26.6. The van der Waals surface area contributed by atoms with E-state index in [2.05, 4.69) is 5.32 Å². The van der Waals surface area contributed by atoms with Crippen LogP contribution in [0.15, 0.2) is 0 Å². The minimum Gasteiger partial charge on any atom is -0.373 e. The minimum absolute atomic E-state index is 0.170. The number of nitrogens with one attached hydrogen (secondary N) is 1. The van der Waals surface area contributed by atoms with Crippen LogP contribution >= 0.6 is 0 Å². The van der Waals surface area contributed by atoms with Gasteiger partial charge >= 0.3 is 0 Å². The van der Waals surface area contributed by atoms with Crippen molar-refractivity contribution in [1.82, 2.24) is 10.2 Å². The zero-order chi connectivity index (χ0) is 11.4. The Labute approximate surface area is 97.3 Å². The number of amides is 1. The Morgan fingerprint density at radius 2 is 2.31 bits per heavy atom. The van der Waals surface area contributed by atoms with E-state index < -0.39 is 0 Å². The Bertz CT molecular complexity index is 239. The summed E-state index contributed by atoms with van der Waals surface area (Å²) in [6.45, 7) is 3.04. The molecule has 16 heavy (non-hydrogen) atoms. The van der Waals surface area contributed by atoms with Crippen LogP contribution in [0.4, 0.5) is 0 Å². The van der Waals surface area contributed by atoms with Crippen LogP contribution < -0.4 is 5.32 Å². The molecule has 1 N–H and O–H groups in total. The lowest BCUT2D eigenvalue weighted by Gasteiger charge is -2.35. The molecule has 1 aliphatic carbocycles. The molecule has 2 aliphatic rings. The molecule has 0 aromatic heterocycles.